The first kappa shape index (κ1) is 13.0. The van der Waals surface area contributed by atoms with Crippen LogP contribution in [0.3, 0.4) is 0 Å². The van der Waals surface area contributed by atoms with Gasteiger partial charge >= 0.3 is 5.97 Å². The first-order chi connectivity index (χ1) is 7.22. The van der Waals surface area contributed by atoms with E-state index >= 15 is 0 Å². The van der Waals surface area contributed by atoms with E-state index in [4.69, 9.17) is 4.74 Å². The van der Waals surface area contributed by atoms with Crippen molar-refractivity contribution in [1.29, 1.82) is 0 Å². The second-order valence-corrected chi connectivity index (χ2v) is 5.50. The first-order valence-electron chi connectivity index (χ1n) is 5.75. The zero-order valence-electron chi connectivity index (χ0n) is 10.7. The van der Waals surface area contributed by atoms with Gasteiger partial charge in [0.25, 0.3) is 0 Å². The summed E-state index contributed by atoms with van der Waals surface area (Å²) in [5.74, 6) is -1.08. The number of esters is 1. The highest BCUT2D eigenvalue weighted by Gasteiger charge is 2.40. The van der Waals surface area contributed by atoms with Crippen LogP contribution in [0.1, 0.15) is 41.0 Å². The topological polar surface area (TPSA) is 46.6 Å². The van der Waals surface area contributed by atoms with E-state index in [1.807, 2.05) is 34.6 Å². The lowest BCUT2D eigenvalue weighted by Gasteiger charge is -2.23. The SMILES string of the molecule is CC(C)N1CCC(C(=O)OC(C)(C)C)C1=O. The molecular formula is C12H21NO3. The Kier molecular flexibility index (Phi) is 3.61. The number of likely N-dealkylation sites (tertiary alicyclic amines) is 1. The fourth-order valence-corrected chi connectivity index (χ4v) is 1.81. The zero-order chi connectivity index (χ0) is 12.5. The van der Waals surface area contributed by atoms with E-state index in [-0.39, 0.29) is 17.9 Å². The molecule has 0 aliphatic carbocycles. The quantitative estimate of drug-likeness (QED) is 0.531. The van der Waals surface area contributed by atoms with Gasteiger partial charge in [-0.2, -0.15) is 0 Å². The number of hydrogen-bond acceptors (Lipinski definition) is 3. The Balaban J connectivity index is 2.64. The van der Waals surface area contributed by atoms with Crippen molar-refractivity contribution >= 4 is 11.9 Å². The molecule has 1 rings (SSSR count). The molecule has 4 nitrogen and oxygen atoms in total. The van der Waals surface area contributed by atoms with Crippen LogP contribution in [0.4, 0.5) is 0 Å². The predicted molar refractivity (Wildman–Crippen MR) is 60.8 cm³/mol. The Morgan fingerprint density at radius 1 is 1.44 bits per heavy atom. The molecule has 0 aromatic rings. The van der Waals surface area contributed by atoms with E-state index < -0.39 is 11.5 Å². The molecule has 0 aromatic heterocycles. The van der Waals surface area contributed by atoms with Crippen LogP contribution in [0.5, 0.6) is 0 Å². The lowest BCUT2D eigenvalue weighted by molar-refractivity contribution is -0.162. The standard InChI is InChI=1S/C12H21NO3/c1-8(2)13-7-6-9(10(13)14)11(15)16-12(3,4)5/h8-9H,6-7H2,1-5H3. The maximum Gasteiger partial charge on any atom is 0.319 e. The van der Waals surface area contributed by atoms with Crippen molar-refractivity contribution in [1.82, 2.24) is 4.90 Å². The molecule has 0 N–H and O–H groups in total. The van der Waals surface area contributed by atoms with Crippen molar-refractivity contribution in [2.45, 2.75) is 52.7 Å². The van der Waals surface area contributed by atoms with Crippen LogP contribution in [0.2, 0.25) is 0 Å². The van der Waals surface area contributed by atoms with Gasteiger partial charge in [0.1, 0.15) is 11.5 Å². The van der Waals surface area contributed by atoms with Crippen LogP contribution in [-0.4, -0.2) is 35.0 Å². The summed E-state index contributed by atoms with van der Waals surface area (Å²) in [4.78, 5) is 25.4. The number of rotatable bonds is 2. The Hall–Kier alpha value is -1.06. The molecule has 0 saturated carbocycles. The number of carbonyl (C=O) groups is 2. The number of hydrogen-bond donors (Lipinski definition) is 0. The number of nitrogens with zero attached hydrogens (tertiary/aromatic N) is 1. The summed E-state index contributed by atoms with van der Waals surface area (Å²) in [6.07, 6.45) is 0.575. The minimum atomic E-state index is -0.596. The summed E-state index contributed by atoms with van der Waals surface area (Å²) in [6.45, 7) is 9.99. The van der Waals surface area contributed by atoms with Crippen LogP contribution >= 0.6 is 0 Å². The molecule has 0 spiro atoms. The fourth-order valence-electron chi connectivity index (χ4n) is 1.81. The largest absolute Gasteiger partial charge is 0.459 e. The lowest BCUT2D eigenvalue weighted by atomic mass is 10.1. The average Bonchev–Trinajstić information content (AvgIpc) is 2.43. The Labute approximate surface area is 96.9 Å². The highest BCUT2D eigenvalue weighted by molar-refractivity contribution is 5.99. The van der Waals surface area contributed by atoms with Gasteiger partial charge in [0.2, 0.25) is 5.91 Å². The summed E-state index contributed by atoms with van der Waals surface area (Å²) < 4.78 is 5.23. The van der Waals surface area contributed by atoms with E-state index in [0.29, 0.717) is 13.0 Å². The third-order valence-electron chi connectivity index (χ3n) is 2.55. The highest BCUT2D eigenvalue weighted by Crippen LogP contribution is 2.23. The summed E-state index contributed by atoms with van der Waals surface area (Å²) in [5, 5.41) is 0. The van der Waals surface area contributed by atoms with Crippen molar-refractivity contribution in [3.05, 3.63) is 0 Å². The second kappa shape index (κ2) is 4.44. The normalized spacial score (nSPS) is 21.8. The second-order valence-electron chi connectivity index (χ2n) is 5.50. The summed E-state index contributed by atoms with van der Waals surface area (Å²) in [5.41, 5.74) is -0.525. The van der Waals surface area contributed by atoms with Crippen molar-refractivity contribution in [2.75, 3.05) is 6.54 Å². The molecule has 0 aromatic carbocycles. The van der Waals surface area contributed by atoms with Gasteiger partial charge < -0.3 is 9.64 Å². The molecule has 1 unspecified atom stereocenters. The zero-order valence-corrected chi connectivity index (χ0v) is 10.7. The molecule has 1 heterocycles. The summed E-state index contributed by atoms with van der Waals surface area (Å²) in [6, 6.07) is 0.153. The monoisotopic (exact) mass is 227 g/mol. The third-order valence-corrected chi connectivity index (χ3v) is 2.55. The lowest BCUT2D eigenvalue weighted by Crippen LogP contribution is -2.37. The van der Waals surface area contributed by atoms with Crippen LogP contribution in [0.25, 0.3) is 0 Å². The molecule has 1 fully saturated rings. The Morgan fingerprint density at radius 3 is 2.38 bits per heavy atom. The molecular weight excluding hydrogens is 206 g/mol. The van der Waals surface area contributed by atoms with Crippen molar-refractivity contribution < 1.29 is 14.3 Å². The molecule has 4 heteroatoms. The van der Waals surface area contributed by atoms with E-state index in [1.54, 1.807) is 4.90 Å². The van der Waals surface area contributed by atoms with Crippen LogP contribution in [0, 0.1) is 5.92 Å². The molecule has 1 aliphatic rings. The first-order valence-corrected chi connectivity index (χ1v) is 5.75. The minimum absolute atomic E-state index is 0.0933. The smallest absolute Gasteiger partial charge is 0.319 e. The fraction of sp³-hybridized carbons (Fsp3) is 0.833. The average molecular weight is 227 g/mol. The maximum atomic E-state index is 11.9. The third kappa shape index (κ3) is 2.97. The molecule has 1 aliphatic heterocycles. The Bertz CT molecular complexity index is 291. The number of carbonyl (C=O) groups excluding carboxylic acids is 2. The molecule has 0 radical (unpaired) electrons. The van der Waals surface area contributed by atoms with Gasteiger partial charge in [-0.15, -0.1) is 0 Å². The van der Waals surface area contributed by atoms with E-state index in [9.17, 15) is 9.59 Å². The molecule has 1 atom stereocenters. The van der Waals surface area contributed by atoms with Gasteiger partial charge in [-0.3, -0.25) is 9.59 Å². The molecule has 92 valence electrons. The van der Waals surface area contributed by atoms with Crippen molar-refractivity contribution in [2.24, 2.45) is 5.92 Å². The van der Waals surface area contributed by atoms with Crippen LogP contribution < -0.4 is 0 Å². The molecule has 1 amide bonds. The van der Waals surface area contributed by atoms with Crippen LogP contribution in [-0.2, 0) is 14.3 Å². The Morgan fingerprint density at radius 2 is 2.00 bits per heavy atom. The van der Waals surface area contributed by atoms with Gasteiger partial charge in [0.15, 0.2) is 0 Å². The minimum Gasteiger partial charge on any atom is -0.459 e. The van der Waals surface area contributed by atoms with E-state index in [2.05, 4.69) is 0 Å². The molecule has 1 saturated heterocycles. The molecule has 0 bridgehead atoms. The molecule has 16 heavy (non-hydrogen) atoms. The maximum absolute atomic E-state index is 11.9. The predicted octanol–water partition coefficient (Wildman–Crippen LogP) is 1.58. The highest BCUT2D eigenvalue weighted by atomic mass is 16.6. The van der Waals surface area contributed by atoms with Gasteiger partial charge in [0, 0.05) is 12.6 Å². The van der Waals surface area contributed by atoms with Gasteiger partial charge in [0.05, 0.1) is 0 Å². The van der Waals surface area contributed by atoms with Gasteiger partial charge in [-0.05, 0) is 41.0 Å². The van der Waals surface area contributed by atoms with Crippen LogP contribution in [0.15, 0.2) is 0 Å². The summed E-state index contributed by atoms with van der Waals surface area (Å²) in [7, 11) is 0. The van der Waals surface area contributed by atoms with E-state index in [1.165, 1.54) is 0 Å². The van der Waals surface area contributed by atoms with Crippen molar-refractivity contribution in [3.8, 4) is 0 Å². The van der Waals surface area contributed by atoms with E-state index in [0.717, 1.165) is 0 Å². The van der Waals surface area contributed by atoms with Crippen molar-refractivity contribution in [3.63, 3.8) is 0 Å². The number of amides is 1. The summed E-state index contributed by atoms with van der Waals surface area (Å²) >= 11 is 0. The van der Waals surface area contributed by atoms with Gasteiger partial charge in [-0.1, -0.05) is 0 Å². The number of ether oxygens (including phenoxy) is 1. The van der Waals surface area contributed by atoms with Gasteiger partial charge in [-0.25, -0.2) is 0 Å².